The monoisotopic (exact) mass is 377 g/mol. The van der Waals surface area contributed by atoms with E-state index in [1.54, 1.807) is 19.2 Å². The fraction of sp³-hybridized carbons (Fsp3) is 0.217. The topological polar surface area (TPSA) is 55.8 Å². The molecule has 0 aliphatic rings. The van der Waals surface area contributed by atoms with Crippen LogP contribution in [0.3, 0.4) is 0 Å². The van der Waals surface area contributed by atoms with Gasteiger partial charge in [-0.2, -0.15) is 0 Å². The second kappa shape index (κ2) is 9.04. The molecule has 0 N–H and O–H groups in total. The predicted octanol–water partition coefficient (Wildman–Crippen LogP) is 4.05. The van der Waals surface area contributed by atoms with Crippen LogP contribution in [0.4, 0.5) is 0 Å². The minimum atomic E-state index is -0.506. The average Bonchev–Trinajstić information content (AvgIpc) is 2.73. The number of rotatable bonds is 7. The third-order valence-corrected chi connectivity index (χ3v) is 4.39. The Hall–Kier alpha value is -3.34. The van der Waals surface area contributed by atoms with Gasteiger partial charge in [0.25, 0.3) is 5.91 Å². The Morgan fingerprint density at radius 1 is 0.929 bits per heavy atom. The SMILES string of the molecule is CCOc1ccc(CN(C)C(=O)COC(=O)c2ccc3ccccc3c2)cc1. The van der Waals surface area contributed by atoms with Crippen LogP contribution in [0.15, 0.2) is 66.7 Å². The van der Waals surface area contributed by atoms with Crippen molar-refractivity contribution in [3.63, 3.8) is 0 Å². The smallest absolute Gasteiger partial charge is 0.338 e. The number of ether oxygens (including phenoxy) is 2. The van der Waals surface area contributed by atoms with Crippen molar-refractivity contribution in [2.75, 3.05) is 20.3 Å². The van der Waals surface area contributed by atoms with E-state index in [-0.39, 0.29) is 12.5 Å². The molecule has 3 aromatic rings. The maximum Gasteiger partial charge on any atom is 0.338 e. The summed E-state index contributed by atoms with van der Waals surface area (Å²) in [6.07, 6.45) is 0. The Labute approximate surface area is 164 Å². The number of nitrogens with zero attached hydrogens (tertiary/aromatic N) is 1. The van der Waals surface area contributed by atoms with Crippen molar-refractivity contribution < 1.29 is 19.1 Å². The van der Waals surface area contributed by atoms with E-state index in [1.807, 2.05) is 61.5 Å². The molecule has 0 radical (unpaired) electrons. The first-order chi connectivity index (χ1) is 13.6. The molecule has 0 aliphatic carbocycles. The normalized spacial score (nSPS) is 10.5. The molecule has 28 heavy (non-hydrogen) atoms. The summed E-state index contributed by atoms with van der Waals surface area (Å²) in [5.74, 6) is 0.0288. The minimum Gasteiger partial charge on any atom is -0.494 e. The highest BCUT2D eigenvalue weighted by Crippen LogP contribution is 2.16. The van der Waals surface area contributed by atoms with Crippen LogP contribution < -0.4 is 4.74 Å². The lowest BCUT2D eigenvalue weighted by atomic mass is 10.1. The molecule has 5 nitrogen and oxygen atoms in total. The van der Waals surface area contributed by atoms with Crippen molar-refractivity contribution in [2.24, 2.45) is 0 Å². The van der Waals surface area contributed by atoms with Gasteiger partial charge >= 0.3 is 5.97 Å². The van der Waals surface area contributed by atoms with Gasteiger partial charge in [-0.15, -0.1) is 0 Å². The highest BCUT2D eigenvalue weighted by molar-refractivity contribution is 5.96. The molecule has 3 aromatic carbocycles. The quantitative estimate of drug-likeness (QED) is 0.583. The lowest BCUT2D eigenvalue weighted by Crippen LogP contribution is -2.30. The molecule has 0 heterocycles. The largest absolute Gasteiger partial charge is 0.494 e. The average molecular weight is 377 g/mol. The fourth-order valence-corrected chi connectivity index (χ4v) is 2.86. The summed E-state index contributed by atoms with van der Waals surface area (Å²) in [4.78, 5) is 26.1. The Morgan fingerprint density at radius 3 is 2.36 bits per heavy atom. The molecule has 1 amide bonds. The number of amides is 1. The first-order valence-electron chi connectivity index (χ1n) is 9.18. The summed E-state index contributed by atoms with van der Waals surface area (Å²) in [7, 11) is 1.68. The third kappa shape index (κ3) is 4.88. The van der Waals surface area contributed by atoms with Gasteiger partial charge in [-0.1, -0.05) is 42.5 Å². The van der Waals surface area contributed by atoms with Crippen LogP contribution in [0.25, 0.3) is 10.8 Å². The van der Waals surface area contributed by atoms with E-state index >= 15 is 0 Å². The molecule has 0 unspecified atom stereocenters. The summed E-state index contributed by atoms with van der Waals surface area (Å²) >= 11 is 0. The Kier molecular flexibility index (Phi) is 6.27. The van der Waals surface area contributed by atoms with Gasteiger partial charge in [-0.05, 0) is 47.5 Å². The third-order valence-electron chi connectivity index (χ3n) is 4.39. The molecule has 5 heteroatoms. The molecule has 0 bridgehead atoms. The second-order valence-corrected chi connectivity index (χ2v) is 6.46. The number of hydrogen-bond donors (Lipinski definition) is 0. The molecule has 3 rings (SSSR count). The first-order valence-corrected chi connectivity index (χ1v) is 9.18. The fourth-order valence-electron chi connectivity index (χ4n) is 2.86. The van der Waals surface area contributed by atoms with Crippen molar-refractivity contribution in [1.82, 2.24) is 4.90 Å². The van der Waals surface area contributed by atoms with Crippen molar-refractivity contribution in [1.29, 1.82) is 0 Å². The van der Waals surface area contributed by atoms with E-state index in [1.165, 1.54) is 4.90 Å². The molecule has 0 saturated carbocycles. The van der Waals surface area contributed by atoms with Gasteiger partial charge in [0.1, 0.15) is 5.75 Å². The van der Waals surface area contributed by atoms with Gasteiger partial charge in [0.05, 0.1) is 12.2 Å². The predicted molar refractivity (Wildman–Crippen MR) is 108 cm³/mol. The molecule has 0 saturated heterocycles. The Balaban J connectivity index is 1.53. The number of carbonyl (C=O) groups is 2. The number of esters is 1. The lowest BCUT2D eigenvalue weighted by molar-refractivity contribution is -0.133. The van der Waals surface area contributed by atoms with E-state index in [4.69, 9.17) is 9.47 Å². The van der Waals surface area contributed by atoms with Crippen molar-refractivity contribution in [3.8, 4) is 5.75 Å². The van der Waals surface area contributed by atoms with Crippen LogP contribution in [0.5, 0.6) is 5.75 Å². The zero-order valence-corrected chi connectivity index (χ0v) is 16.1. The minimum absolute atomic E-state index is 0.261. The van der Waals surface area contributed by atoms with Gasteiger partial charge in [0, 0.05) is 13.6 Å². The summed E-state index contributed by atoms with van der Waals surface area (Å²) < 4.78 is 10.6. The molecule has 0 spiro atoms. The molecular weight excluding hydrogens is 354 g/mol. The van der Waals surface area contributed by atoms with Gasteiger partial charge in [0.2, 0.25) is 0 Å². The van der Waals surface area contributed by atoms with Gasteiger partial charge in [-0.25, -0.2) is 4.79 Å². The van der Waals surface area contributed by atoms with E-state index in [0.29, 0.717) is 18.7 Å². The molecule has 144 valence electrons. The summed E-state index contributed by atoms with van der Waals surface area (Å²) in [5.41, 5.74) is 1.40. The summed E-state index contributed by atoms with van der Waals surface area (Å²) in [6, 6.07) is 20.7. The maximum atomic E-state index is 12.3. The second-order valence-electron chi connectivity index (χ2n) is 6.46. The van der Waals surface area contributed by atoms with Crippen LogP contribution in [0.2, 0.25) is 0 Å². The molecule has 0 aliphatic heterocycles. The van der Waals surface area contributed by atoms with Crippen molar-refractivity contribution in [3.05, 3.63) is 77.9 Å². The molecule has 0 fully saturated rings. The number of likely N-dealkylation sites (N-methyl/N-ethyl adjacent to an activating group) is 1. The van der Waals surface area contributed by atoms with Gasteiger partial charge < -0.3 is 14.4 Å². The van der Waals surface area contributed by atoms with E-state index in [0.717, 1.165) is 22.1 Å². The Bertz CT molecular complexity index is 966. The lowest BCUT2D eigenvalue weighted by Gasteiger charge is -2.17. The summed E-state index contributed by atoms with van der Waals surface area (Å²) in [5, 5.41) is 2.00. The van der Waals surface area contributed by atoms with Crippen molar-refractivity contribution in [2.45, 2.75) is 13.5 Å². The standard InChI is InChI=1S/C23H23NO4/c1-3-27-21-12-8-17(9-13-21)15-24(2)22(25)16-28-23(26)20-11-10-18-6-4-5-7-19(18)14-20/h4-14H,3,15-16H2,1-2H3. The molecular formula is C23H23NO4. The van der Waals surface area contributed by atoms with Crippen molar-refractivity contribution >= 4 is 22.6 Å². The number of fused-ring (bicyclic) bond motifs is 1. The van der Waals surface area contributed by atoms with Crippen LogP contribution in [0, 0.1) is 0 Å². The van der Waals surface area contributed by atoms with Crippen LogP contribution in [-0.2, 0) is 16.1 Å². The van der Waals surface area contributed by atoms with E-state index < -0.39 is 5.97 Å². The van der Waals surface area contributed by atoms with Crippen LogP contribution in [0.1, 0.15) is 22.8 Å². The highest BCUT2D eigenvalue weighted by Gasteiger charge is 2.14. The number of benzene rings is 3. The molecule has 0 aromatic heterocycles. The van der Waals surface area contributed by atoms with E-state index in [2.05, 4.69) is 0 Å². The molecule has 0 atom stereocenters. The zero-order chi connectivity index (χ0) is 19.9. The highest BCUT2D eigenvalue weighted by atomic mass is 16.5. The zero-order valence-electron chi connectivity index (χ0n) is 16.1. The first kappa shape index (κ1) is 19.4. The number of carbonyl (C=O) groups excluding carboxylic acids is 2. The van der Waals surface area contributed by atoms with Crippen LogP contribution in [-0.4, -0.2) is 37.0 Å². The van der Waals surface area contributed by atoms with E-state index in [9.17, 15) is 9.59 Å². The van der Waals surface area contributed by atoms with Gasteiger partial charge in [0.15, 0.2) is 6.61 Å². The van der Waals surface area contributed by atoms with Gasteiger partial charge in [-0.3, -0.25) is 4.79 Å². The number of hydrogen-bond acceptors (Lipinski definition) is 4. The maximum absolute atomic E-state index is 12.3. The Morgan fingerprint density at radius 2 is 1.64 bits per heavy atom. The summed E-state index contributed by atoms with van der Waals surface area (Å²) in [6.45, 7) is 2.68. The van der Waals surface area contributed by atoms with Crippen LogP contribution >= 0.6 is 0 Å².